The minimum atomic E-state index is 0.648. The fourth-order valence-electron chi connectivity index (χ4n) is 1.99. The number of aryl methyl sites for hydroxylation is 1. The maximum Gasteiger partial charge on any atom is 0.0948 e. The fraction of sp³-hybridized carbons (Fsp3) is 0.769. The number of aromatic nitrogens is 2. The van der Waals surface area contributed by atoms with Gasteiger partial charge >= 0.3 is 0 Å². The van der Waals surface area contributed by atoms with Gasteiger partial charge in [-0.3, -0.25) is 0 Å². The van der Waals surface area contributed by atoms with Crippen molar-refractivity contribution < 1.29 is 0 Å². The van der Waals surface area contributed by atoms with E-state index in [1.807, 2.05) is 12.5 Å². The van der Waals surface area contributed by atoms with Gasteiger partial charge in [0, 0.05) is 25.3 Å². The Hall–Kier alpha value is -0.830. The van der Waals surface area contributed by atoms with E-state index in [-0.39, 0.29) is 0 Å². The van der Waals surface area contributed by atoms with Crippen molar-refractivity contribution in [3.63, 3.8) is 0 Å². The first kappa shape index (κ1) is 13.2. The molecule has 0 aliphatic heterocycles. The van der Waals surface area contributed by atoms with E-state index in [4.69, 9.17) is 0 Å². The molecule has 0 radical (unpaired) electrons. The molecule has 3 nitrogen and oxygen atoms in total. The van der Waals surface area contributed by atoms with E-state index in [2.05, 4.69) is 35.6 Å². The van der Waals surface area contributed by atoms with Crippen molar-refractivity contribution in [2.24, 2.45) is 0 Å². The Labute approximate surface area is 99.3 Å². The van der Waals surface area contributed by atoms with E-state index in [1.165, 1.54) is 25.0 Å². The quantitative estimate of drug-likeness (QED) is 0.734. The van der Waals surface area contributed by atoms with Crippen LogP contribution in [0.15, 0.2) is 12.5 Å². The van der Waals surface area contributed by atoms with E-state index in [0.717, 1.165) is 19.5 Å². The minimum Gasteiger partial charge on any atom is -0.333 e. The molecule has 92 valence electrons. The molecular formula is C13H25N3. The van der Waals surface area contributed by atoms with Crippen molar-refractivity contribution in [3.05, 3.63) is 18.2 Å². The Bertz CT molecular complexity index is 280. The van der Waals surface area contributed by atoms with Crippen molar-refractivity contribution in [1.29, 1.82) is 0 Å². The standard InChI is InChI=1S/C13H25N3/c1-4-7-12(6-3)15-10-13-9-14-11-16(13)8-5-2/h9,11-12,15H,4-8,10H2,1-3H3. The van der Waals surface area contributed by atoms with Crippen molar-refractivity contribution in [2.75, 3.05) is 0 Å². The van der Waals surface area contributed by atoms with Crippen LogP contribution >= 0.6 is 0 Å². The molecule has 0 aromatic carbocycles. The lowest BCUT2D eigenvalue weighted by atomic mass is 10.1. The summed E-state index contributed by atoms with van der Waals surface area (Å²) in [7, 11) is 0. The Kier molecular flexibility index (Phi) is 6.16. The topological polar surface area (TPSA) is 29.9 Å². The van der Waals surface area contributed by atoms with Gasteiger partial charge in [0.15, 0.2) is 0 Å². The summed E-state index contributed by atoms with van der Waals surface area (Å²) in [6.07, 6.45) is 8.78. The predicted molar refractivity (Wildman–Crippen MR) is 68.3 cm³/mol. The van der Waals surface area contributed by atoms with Crippen LogP contribution in [-0.2, 0) is 13.1 Å². The number of hydrogen-bond donors (Lipinski definition) is 1. The summed E-state index contributed by atoms with van der Waals surface area (Å²) in [5.74, 6) is 0. The van der Waals surface area contributed by atoms with Crippen molar-refractivity contribution in [3.8, 4) is 0 Å². The second-order valence-electron chi connectivity index (χ2n) is 4.35. The van der Waals surface area contributed by atoms with Gasteiger partial charge in [-0.1, -0.05) is 27.2 Å². The lowest BCUT2D eigenvalue weighted by Crippen LogP contribution is -2.28. The average Bonchev–Trinajstić information content (AvgIpc) is 2.72. The first-order valence-electron chi connectivity index (χ1n) is 6.54. The highest BCUT2D eigenvalue weighted by Gasteiger charge is 2.06. The van der Waals surface area contributed by atoms with Gasteiger partial charge in [0.2, 0.25) is 0 Å². The molecule has 16 heavy (non-hydrogen) atoms. The van der Waals surface area contributed by atoms with E-state index in [0.29, 0.717) is 6.04 Å². The molecule has 1 aromatic rings. The van der Waals surface area contributed by atoms with Crippen LogP contribution in [0.25, 0.3) is 0 Å². The van der Waals surface area contributed by atoms with Crippen LogP contribution in [0.1, 0.15) is 52.1 Å². The van der Waals surface area contributed by atoms with E-state index in [9.17, 15) is 0 Å². The molecule has 3 heteroatoms. The van der Waals surface area contributed by atoms with Gasteiger partial charge in [-0.15, -0.1) is 0 Å². The second kappa shape index (κ2) is 7.44. The number of nitrogens with zero attached hydrogens (tertiary/aromatic N) is 2. The van der Waals surface area contributed by atoms with Gasteiger partial charge in [-0.2, -0.15) is 0 Å². The molecule has 1 atom stereocenters. The average molecular weight is 223 g/mol. The number of imidazole rings is 1. The Morgan fingerprint density at radius 2 is 2.12 bits per heavy atom. The van der Waals surface area contributed by atoms with Gasteiger partial charge in [-0.05, 0) is 19.3 Å². The zero-order chi connectivity index (χ0) is 11.8. The van der Waals surface area contributed by atoms with Crippen LogP contribution in [0.4, 0.5) is 0 Å². The van der Waals surface area contributed by atoms with Gasteiger partial charge in [0.25, 0.3) is 0 Å². The highest BCUT2D eigenvalue weighted by atomic mass is 15.1. The van der Waals surface area contributed by atoms with Crippen LogP contribution in [0.5, 0.6) is 0 Å². The monoisotopic (exact) mass is 223 g/mol. The van der Waals surface area contributed by atoms with Crippen molar-refractivity contribution in [2.45, 2.75) is 65.6 Å². The van der Waals surface area contributed by atoms with E-state index < -0.39 is 0 Å². The highest BCUT2D eigenvalue weighted by molar-refractivity contribution is 4.98. The lowest BCUT2D eigenvalue weighted by Gasteiger charge is -2.16. The van der Waals surface area contributed by atoms with Gasteiger partial charge in [0.05, 0.1) is 12.0 Å². The molecule has 1 heterocycles. The summed E-state index contributed by atoms with van der Waals surface area (Å²) in [5, 5.41) is 3.61. The molecule has 0 bridgehead atoms. The maximum atomic E-state index is 4.21. The summed E-state index contributed by atoms with van der Waals surface area (Å²) in [6, 6.07) is 0.648. The molecule has 1 N–H and O–H groups in total. The third-order valence-electron chi connectivity index (χ3n) is 2.96. The maximum absolute atomic E-state index is 4.21. The lowest BCUT2D eigenvalue weighted by molar-refractivity contribution is 0.452. The summed E-state index contributed by atoms with van der Waals surface area (Å²) < 4.78 is 2.24. The van der Waals surface area contributed by atoms with E-state index in [1.54, 1.807) is 0 Å². The number of rotatable bonds is 8. The third kappa shape index (κ3) is 3.97. The van der Waals surface area contributed by atoms with Crippen LogP contribution in [0.2, 0.25) is 0 Å². The molecule has 1 unspecified atom stereocenters. The summed E-state index contributed by atoms with van der Waals surface area (Å²) >= 11 is 0. The largest absolute Gasteiger partial charge is 0.333 e. The SMILES string of the molecule is CCCC(CC)NCc1cncn1CCC. The molecule has 1 rings (SSSR count). The third-order valence-corrected chi connectivity index (χ3v) is 2.96. The summed E-state index contributed by atoms with van der Waals surface area (Å²) in [5.41, 5.74) is 1.30. The normalized spacial score (nSPS) is 12.9. The first-order chi connectivity index (χ1) is 7.81. The molecule has 0 saturated carbocycles. The van der Waals surface area contributed by atoms with Gasteiger partial charge in [0.1, 0.15) is 0 Å². The zero-order valence-electron chi connectivity index (χ0n) is 10.9. The second-order valence-corrected chi connectivity index (χ2v) is 4.35. The van der Waals surface area contributed by atoms with Gasteiger partial charge in [-0.25, -0.2) is 4.98 Å². The Morgan fingerprint density at radius 1 is 1.31 bits per heavy atom. The smallest absolute Gasteiger partial charge is 0.0948 e. The summed E-state index contributed by atoms with van der Waals surface area (Å²) in [4.78, 5) is 4.21. The molecule has 0 spiro atoms. The van der Waals surface area contributed by atoms with Crippen LogP contribution in [0.3, 0.4) is 0 Å². The molecule has 0 aliphatic carbocycles. The molecule has 1 aromatic heterocycles. The van der Waals surface area contributed by atoms with Crippen LogP contribution in [-0.4, -0.2) is 15.6 Å². The Balaban J connectivity index is 2.43. The number of hydrogen-bond acceptors (Lipinski definition) is 2. The van der Waals surface area contributed by atoms with Crippen molar-refractivity contribution >= 4 is 0 Å². The highest BCUT2D eigenvalue weighted by Crippen LogP contribution is 2.05. The van der Waals surface area contributed by atoms with Crippen LogP contribution < -0.4 is 5.32 Å². The van der Waals surface area contributed by atoms with Crippen molar-refractivity contribution in [1.82, 2.24) is 14.9 Å². The molecule has 0 aliphatic rings. The van der Waals surface area contributed by atoms with E-state index >= 15 is 0 Å². The number of nitrogens with one attached hydrogen (secondary N) is 1. The molecule has 0 amide bonds. The van der Waals surface area contributed by atoms with Crippen LogP contribution in [0, 0.1) is 0 Å². The zero-order valence-corrected chi connectivity index (χ0v) is 10.9. The van der Waals surface area contributed by atoms with Gasteiger partial charge < -0.3 is 9.88 Å². The first-order valence-corrected chi connectivity index (χ1v) is 6.54. The molecule has 0 saturated heterocycles. The fourth-order valence-corrected chi connectivity index (χ4v) is 1.99. The predicted octanol–water partition coefficient (Wildman–Crippen LogP) is 2.96. The molecule has 0 fully saturated rings. The molecular weight excluding hydrogens is 198 g/mol. The Morgan fingerprint density at radius 3 is 2.75 bits per heavy atom. The summed E-state index contributed by atoms with van der Waals surface area (Å²) in [6.45, 7) is 8.70. The minimum absolute atomic E-state index is 0.648.